The fraction of sp³-hybridized carbons (Fsp3) is 0.214. The summed E-state index contributed by atoms with van der Waals surface area (Å²) >= 11 is 0. The maximum absolute atomic E-state index is 11.9. The van der Waals surface area contributed by atoms with Crippen molar-refractivity contribution in [2.75, 3.05) is 7.11 Å². The number of fused-ring (bicyclic) bond motifs is 3. The number of nitrogens with zero attached hydrogens (tertiary/aromatic N) is 2. The van der Waals surface area contributed by atoms with E-state index < -0.39 is 11.4 Å². The van der Waals surface area contributed by atoms with E-state index in [2.05, 4.69) is 4.98 Å². The number of carboxylic acids is 1. The Hall–Kier alpha value is -2.83. The normalized spacial score (nSPS) is 12.4. The predicted octanol–water partition coefficient (Wildman–Crippen LogP) is 0.879. The van der Waals surface area contributed by atoms with Crippen LogP contribution in [0.4, 0.5) is 0 Å². The molecule has 7 nitrogen and oxygen atoms in total. The molecule has 0 spiro atoms. The van der Waals surface area contributed by atoms with Crippen molar-refractivity contribution in [2.24, 2.45) is 0 Å². The van der Waals surface area contributed by atoms with Crippen molar-refractivity contribution >= 4 is 5.97 Å². The highest BCUT2D eigenvalue weighted by atomic mass is 16.5. The molecule has 0 aliphatic carbocycles. The second-order valence-corrected chi connectivity index (χ2v) is 4.71. The molecule has 1 aliphatic rings. The van der Waals surface area contributed by atoms with E-state index in [9.17, 15) is 14.7 Å². The fourth-order valence-corrected chi connectivity index (χ4v) is 2.45. The Morgan fingerprint density at radius 2 is 2.19 bits per heavy atom. The third-order valence-electron chi connectivity index (χ3n) is 3.46. The van der Waals surface area contributed by atoms with Gasteiger partial charge in [-0.15, -0.1) is 0 Å². The van der Waals surface area contributed by atoms with Gasteiger partial charge in [-0.2, -0.15) is 0 Å². The van der Waals surface area contributed by atoms with E-state index in [0.29, 0.717) is 24.4 Å². The van der Waals surface area contributed by atoms with E-state index in [4.69, 9.17) is 9.84 Å². The molecule has 3 heterocycles. The summed E-state index contributed by atoms with van der Waals surface area (Å²) in [7, 11) is 1.39. The zero-order valence-electron chi connectivity index (χ0n) is 11.2. The van der Waals surface area contributed by atoms with E-state index in [0.717, 1.165) is 5.56 Å². The van der Waals surface area contributed by atoms with Gasteiger partial charge in [-0.05, 0) is 18.1 Å². The van der Waals surface area contributed by atoms with Gasteiger partial charge in [-0.1, -0.05) is 0 Å². The van der Waals surface area contributed by atoms with Crippen LogP contribution >= 0.6 is 0 Å². The van der Waals surface area contributed by atoms with Crippen molar-refractivity contribution in [3.8, 4) is 23.0 Å². The molecule has 7 heteroatoms. The van der Waals surface area contributed by atoms with E-state index in [1.165, 1.54) is 19.4 Å². The smallest absolute Gasteiger partial charge is 0.341 e. The lowest BCUT2D eigenvalue weighted by Crippen LogP contribution is -2.22. The minimum absolute atomic E-state index is 0.0609. The minimum atomic E-state index is -1.25. The van der Waals surface area contributed by atoms with Crippen LogP contribution in [0.25, 0.3) is 11.4 Å². The van der Waals surface area contributed by atoms with Crippen LogP contribution in [0.15, 0.2) is 23.1 Å². The molecule has 0 aromatic carbocycles. The highest BCUT2D eigenvalue weighted by molar-refractivity contribution is 5.87. The summed E-state index contributed by atoms with van der Waals surface area (Å²) < 4.78 is 6.65. The van der Waals surface area contributed by atoms with Gasteiger partial charge in [0.15, 0.2) is 11.2 Å². The van der Waals surface area contributed by atoms with Crippen LogP contribution in [-0.2, 0) is 13.0 Å². The Labute approximate surface area is 119 Å². The Morgan fingerprint density at radius 3 is 2.86 bits per heavy atom. The molecular weight excluding hydrogens is 276 g/mol. The molecule has 0 amide bonds. The quantitative estimate of drug-likeness (QED) is 0.850. The number of aromatic nitrogens is 2. The fourth-order valence-electron chi connectivity index (χ4n) is 2.45. The number of methoxy groups -OCH3 is 1. The van der Waals surface area contributed by atoms with E-state index in [1.807, 2.05) is 0 Å². The maximum Gasteiger partial charge on any atom is 0.341 e. The van der Waals surface area contributed by atoms with Crippen LogP contribution in [0.5, 0.6) is 11.6 Å². The molecule has 1 aliphatic heterocycles. The molecule has 0 saturated carbocycles. The SMILES string of the molecule is COc1nc2c(cc1O)CCn1cc(C(=O)O)c(=O)cc1-2. The first kappa shape index (κ1) is 13.2. The lowest BCUT2D eigenvalue weighted by Gasteiger charge is -2.22. The van der Waals surface area contributed by atoms with Crippen molar-refractivity contribution in [2.45, 2.75) is 13.0 Å². The Balaban J connectivity index is 2.25. The molecule has 0 fully saturated rings. The zero-order chi connectivity index (χ0) is 15.1. The number of carboxylic acid groups (broad SMARTS) is 1. The number of carbonyl (C=O) groups is 1. The van der Waals surface area contributed by atoms with Crippen LogP contribution in [0, 0.1) is 0 Å². The van der Waals surface area contributed by atoms with Gasteiger partial charge < -0.3 is 19.5 Å². The van der Waals surface area contributed by atoms with Gasteiger partial charge >= 0.3 is 5.97 Å². The zero-order valence-corrected chi connectivity index (χ0v) is 11.2. The third-order valence-corrected chi connectivity index (χ3v) is 3.46. The molecule has 0 bridgehead atoms. The molecule has 0 atom stereocenters. The Morgan fingerprint density at radius 1 is 1.43 bits per heavy atom. The molecule has 0 unspecified atom stereocenters. The Kier molecular flexibility index (Phi) is 2.90. The van der Waals surface area contributed by atoms with E-state index in [-0.39, 0.29) is 17.2 Å². The van der Waals surface area contributed by atoms with E-state index >= 15 is 0 Å². The van der Waals surface area contributed by atoms with Gasteiger partial charge in [-0.3, -0.25) is 4.79 Å². The molecule has 2 aromatic rings. The van der Waals surface area contributed by atoms with Crippen molar-refractivity contribution in [1.82, 2.24) is 9.55 Å². The summed E-state index contributed by atoms with van der Waals surface area (Å²) in [5, 5.41) is 18.8. The van der Waals surface area contributed by atoms with Gasteiger partial charge in [0.05, 0.1) is 18.5 Å². The second kappa shape index (κ2) is 4.62. The molecule has 21 heavy (non-hydrogen) atoms. The monoisotopic (exact) mass is 288 g/mol. The number of aromatic hydroxyl groups is 1. The van der Waals surface area contributed by atoms with Gasteiger partial charge in [0.25, 0.3) is 5.88 Å². The Bertz CT molecular complexity index is 810. The van der Waals surface area contributed by atoms with Crippen molar-refractivity contribution in [3.63, 3.8) is 0 Å². The van der Waals surface area contributed by atoms with E-state index in [1.54, 1.807) is 10.6 Å². The summed E-state index contributed by atoms with van der Waals surface area (Å²) in [5.41, 5.74) is 0.980. The van der Waals surface area contributed by atoms with Gasteiger partial charge in [-0.25, -0.2) is 9.78 Å². The average Bonchev–Trinajstić information content (AvgIpc) is 2.45. The summed E-state index contributed by atoms with van der Waals surface area (Å²) in [6, 6.07) is 2.81. The van der Waals surface area contributed by atoms with Crippen LogP contribution in [0.2, 0.25) is 0 Å². The molecule has 108 valence electrons. The summed E-state index contributed by atoms with van der Waals surface area (Å²) in [6.07, 6.45) is 1.90. The second-order valence-electron chi connectivity index (χ2n) is 4.71. The lowest BCUT2D eigenvalue weighted by molar-refractivity contribution is 0.0694. The summed E-state index contributed by atoms with van der Waals surface area (Å²) in [6.45, 7) is 0.510. The summed E-state index contributed by atoms with van der Waals surface area (Å²) in [4.78, 5) is 27.1. The van der Waals surface area contributed by atoms with Crippen molar-refractivity contribution in [1.29, 1.82) is 0 Å². The lowest BCUT2D eigenvalue weighted by atomic mass is 10.0. The van der Waals surface area contributed by atoms with Gasteiger partial charge in [0.2, 0.25) is 0 Å². The average molecular weight is 288 g/mol. The molecular formula is C14H12N2O5. The van der Waals surface area contributed by atoms with Crippen LogP contribution in [0.3, 0.4) is 0 Å². The number of ether oxygens (including phenoxy) is 1. The van der Waals surface area contributed by atoms with Crippen LogP contribution in [0.1, 0.15) is 15.9 Å². The first-order chi connectivity index (χ1) is 10.0. The number of aryl methyl sites for hydroxylation is 2. The minimum Gasteiger partial charge on any atom is -0.503 e. The van der Waals surface area contributed by atoms with Crippen LogP contribution < -0.4 is 10.2 Å². The van der Waals surface area contributed by atoms with Gasteiger partial charge in [0.1, 0.15) is 5.56 Å². The maximum atomic E-state index is 11.9. The van der Waals surface area contributed by atoms with Gasteiger partial charge in [0, 0.05) is 18.8 Å². The number of pyridine rings is 2. The summed E-state index contributed by atoms with van der Waals surface area (Å²) in [5.74, 6) is -1.25. The largest absolute Gasteiger partial charge is 0.503 e. The number of rotatable bonds is 2. The number of hydrogen-bond acceptors (Lipinski definition) is 5. The predicted molar refractivity (Wildman–Crippen MR) is 72.8 cm³/mol. The number of hydrogen-bond donors (Lipinski definition) is 2. The highest BCUT2D eigenvalue weighted by Crippen LogP contribution is 2.34. The third kappa shape index (κ3) is 2.03. The highest BCUT2D eigenvalue weighted by Gasteiger charge is 2.22. The molecule has 2 N–H and O–H groups in total. The molecule has 2 aromatic heterocycles. The molecule has 0 saturated heterocycles. The first-order valence-corrected chi connectivity index (χ1v) is 6.26. The number of aromatic carboxylic acids is 1. The molecule has 3 rings (SSSR count). The van der Waals surface area contributed by atoms with Crippen molar-refractivity contribution in [3.05, 3.63) is 39.7 Å². The first-order valence-electron chi connectivity index (χ1n) is 6.26. The van der Waals surface area contributed by atoms with Crippen LogP contribution in [-0.4, -0.2) is 32.8 Å². The van der Waals surface area contributed by atoms with Crippen molar-refractivity contribution < 1.29 is 19.7 Å². The standard InChI is InChI=1S/C14H12N2O5/c1-21-13-11(18)4-7-2-3-16-6-8(14(19)20)10(17)5-9(16)12(7)15-13/h4-6,18H,2-3H2,1H3,(H,19,20). The molecule has 0 radical (unpaired) electrons. The topological polar surface area (TPSA) is 102 Å².